The van der Waals surface area contributed by atoms with Crippen molar-refractivity contribution in [2.75, 3.05) is 4.90 Å². The summed E-state index contributed by atoms with van der Waals surface area (Å²) < 4.78 is 0. The topological polar surface area (TPSA) is 50.8 Å². The fourth-order valence-electron chi connectivity index (χ4n) is 4.03. The third-order valence-corrected chi connectivity index (χ3v) is 5.21. The number of nitrogens with zero attached hydrogens (tertiary/aromatic N) is 3. The molecule has 3 aromatic carbocycles. The Labute approximate surface area is 165 Å². The van der Waals surface area contributed by atoms with Crippen LogP contribution in [0.4, 0.5) is 17.1 Å². The van der Waals surface area contributed by atoms with E-state index in [1.807, 2.05) is 48.5 Å². The Balaban J connectivity index is 1.96. The van der Waals surface area contributed by atoms with E-state index in [2.05, 4.69) is 54.3 Å². The molecule has 0 aromatic heterocycles. The van der Waals surface area contributed by atoms with Gasteiger partial charge in [0.2, 0.25) is 0 Å². The van der Waals surface area contributed by atoms with E-state index in [0.29, 0.717) is 0 Å². The molecule has 0 radical (unpaired) electrons. The minimum atomic E-state index is 0.138. The van der Waals surface area contributed by atoms with Crippen LogP contribution < -0.4 is 4.90 Å². The Kier molecular flexibility index (Phi) is 4.67. The van der Waals surface area contributed by atoms with E-state index >= 15 is 0 Å². The number of benzene rings is 3. The smallest absolute Gasteiger partial charge is 0.133 e. The van der Waals surface area contributed by atoms with E-state index in [-0.39, 0.29) is 11.5 Å². The van der Waals surface area contributed by atoms with Crippen LogP contribution in [0.25, 0.3) is 5.57 Å². The Bertz CT molecular complexity index is 1060. The molecule has 3 heteroatoms. The van der Waals surface area contributed by atoms with Gasteiger partial charge < -0.3 is 4.90 Å². The van der Waals surface area contributed by atoms with E-state index in [1.54, 1.807) is 0 Å². The van der Waals surface area contributed by atoms with Crippen LogP contribution in [0.1, 0.15) is 18.1 Å². The second kappa shape index (κ2) is 7.43. The molecular weight excluding hydrogens is 342 g/mol. The Morgan fingerprint density at radius 2 is 1.39 bits per heavy atom. The number of hydrogen-bond acceptors (Lipinski definition) is 3. The quantitative estimate of drug-likeness (QED) is 0.526. The number of nitriles is 2. The summed E-state index contributed by atoms with van der Waals surface area (Å²) in [7, 11) is 0. The third-order valence-electron chi connectivity index (χ3n) is 5.21. The SMILES string of the molecule is CC1Cc2c(cccc2N(c2ccccc2)c2ccccc2)C1=C(C#N)C#N. The molecule has 0 saturated carbocycles. The molecule has 0 heterocycles. The van der Waals surface area contributed by atoms with Gasteiger partial charge in [-0.3, -0.25) is 0 Å². The van der Waals surface area contributed by atoms with Crippen LogP contribution in [0.2, 0.25) is 0 Å². The zero-order valence-corrected chi connectivity index (χ0v) is 15.6. The van der Waals surface area contributed by atoms with Crippen LogP contribution in [-0.4, -0.2) is 0 Å². The number of anilines is 3. The van der Waals surface area contributed by atoms with Gasteiger partial charge in [0, 0.05) is 17.1 Å². The van der Waals surface area contributed by atoms with Crippen molar-refractivity contribution in [3.05, 3.63) is 95.6 Å². The number of fused-ring (bicyclic) bond motifs is 1. The van der Waals surface area contributed by atoms with Crippen LogP contribution in [0.5, 0.6) is 0 Å². The van der Waals surface area contributed by atoms with Gasteiger partial charge in [0.1, 0.15) is 17.7 Å². The third kappa shape index (κ3) is 2.94. The molecule has 0 amide bonds. The predicted octanol–water partition coefficient (Wildman–Crippen LogP) is 6.15. The van der Waals surface area contributed by atoms with E-state index in [0.717, 1.165) is 34.6 Å². The summed E-state index contributed by atoms with van der Waals surface area (Å²) in [6.07, 6.45) is 0.809. The maximum atomic E-state index is 9.42. The van der Waals surface area contributed by atoms with Crippen LogP contribution >= 0.6 is 0 Å². The summed E-state index contributed by atoms with van der Waals surface area (Å²) in [6.45, 7) is 2.09. The largest absolute Gasteiger partial charge is 0.310 e. The molecule has 0 fully saturated rings. The number of para-hydroxylation sites is 2. The monoisotopic (exact) mass is 361 g/mol. The number of rotatable bonds is 3. The molecule has 0 aliphatic heterocycles. The minimum absolute atomic E-state index is 0.138. The van der Waals surface area contributed by atoms with Crippen molar-refractivity contribution >= 4 is 22.6 Å². The molecule has 0 bridgehead atoms. The van der Waals surface area contributed by atoms with Crippen LogP contribution in [0, 0.1) is 28.6 Å². The molecular formula is C25H19N3. The van der Waals surface area contributed by atoms with E-state index < -0.39 is 0 Å². The second-order valence-electron chi connectivity index (χ2n) is 6.93. The van der Waals surface area contributed by atoms with Crippen molar-refractivity contribution in [2.45, 2.75) is 13.3 Å². The summed E-state index contributed by atoms with van der Waals surface area (Å²) in [5, 5.41) is 18.8. The maximum Gasteiger partial charge on any atom is 0.133 e. The molecule has 0 saturated heterocycles. The molecule has 28 heavy (non-hydrogen) atoms. The lowest BCUT2D eigenvalue weighted by Crippen LogP contribution is -2.12. The summed E-state index contributed by atoms with van der Waals surface area (Å²) >= 11 is 0. The first kappa shape index (κ1) is 17.6. The van der Waals surface area contributed by atoms with Crippen molar-refractivity contribution in [3.63, 3.8) is 0 Å². The zero-order chi connectivity index (χ0) is 19.5. The fourth-order valence-corrected chi connectivity index (χ4v) is 4.03. The lowest BCUT2D eigenvalue weighted by Gasteiger charge is -2.27. The average Bonchev–Trinajstić information content (AvgIpc) is 3.08. The molecule has 0 spiro atoms. The van der Waals surface area contributed by atoms with Gasteiger partial charge in [-0.25, -0.2) is 0 Å². The standard InChI is InChI=1S/C25H19N3/c1-18-15-23-22(25(18)19(16-26)17-27)13-8-14-24(23)28(20-9-4-2-5-10-20)21-11-6-3-7-12-21/h2-14,18H,15H2,1H3. The van der Waals surface area contributed by atoms with Crippen LogP contribution in [0.15, 0.2) is 84.4 Å². The van der Waals surface area contributed by atoms with Gasteiger partial charge in [-0.1, -0.05) is 55.5 Å². The lowest BCUT2D eigenvalue weighted by atomic mass is 9.97. The second-order valence-corrected chi connectivity index (χ2v) is 6.93. The lowest BCUT2D eigenvalue weighted by molar-refractivity contribution is 0.779. The van der Waals surface area contributed by atoms with Gasteiger partial charge in [0.25, 0.3) is 0 Å². The first-order valence-corrected chi connectivity index (χ1v) is 9.31. The summed E-state index contributed by atoms with van der Waals surface area (Å²) in [4.78, 5) is 2.24. The molecule has 1 aliphatic carbocycles. The van der Waals surface area contributed by atoms with Gasteiger partial charge in [0.15, 0.2) is 0 Å². The van der Waals surface area contributed by atoms with E-state index in [4.69, 9.17) is 0 Å². The average molecular weight is 361 g/mol. The van der Waals surface area contributed by atoms with Crippen LogP contribution in [0.3, 0.4) is 0 Å². The Hall–Kier alpha value is -3.82. The molecule has 1 atom stereocenters. The van der Waals surface area contributed by atoms with Crippen molar-refractivity contribution in [3.8, 4) is 12.1 Å². The molecule has 3 nitrogen and oxygen atoms in total. The first-order chi connectivity index (χ1) is 13.7. The fraction of sp³-hybridized carbons (Fsp3) is 0.120. The Morgan fingerprint density at radius 3 is 1.93 bits per heavy atom. The van der Waals surface area contributed by atoms with Gasteiger partial charge in [0.05, 0.1) is 0 Å². The summed E-state index contributed by atoms with van der Waals surface area (Å²) in [5.41, 5.74) is 6.52. The van der Waals surface area contributed by atoms with Crippen molar-refractivity contribution in [1.29, 1.82) is 10.5 Å². The highest BCUT2D eigenvalue weighted by Gasteiger charge is 2.30. The number of allylic oxidation sites excluding steroid dienone is 2. The highest BCUT2D eigenvalue weighted by molar-refractivity contribution is 5.88. The van der Waals surface area contributed by atoms with Crippen molar-refractivity contribution in [1.82, 2.24) is 0 Å². The molecule has 0 N–H and O–H groups in total. The van der Waals surface area contributed by atoms with E-state index in [1.165, 1.54) is 5.56 Å². The van der Waals surface area contributed by atoms with Gasteiger partial charge in [-0.2, -0.15) is 10.5 Å². The highest BCUT2D eigenvalue weighted by Crippen LogP contribution is 2.46. The molecule has 3 aromatic rings. The first-order valence-electron chi connectivity index (χ1n) is 9.31. The van der Waals surface area contributed by atoms with Gasteiger partial charge in [-0.05, 0) is 59.4 Å². The molecule has 1 unspecified atom stereocenters. The van der Waals surface area contributed by atoms with E-state index in [9.17, 15) is 10.5 Å². The predicted molar refractivity (Wildman–Crippen MR) is 112 cm³/mol. The van der Waals surface area contributed by atoms with Crippen molar-refractivity contribution in [2.24, 2.45) is 5.92 Å². The summed E-state index contributed by atoms with van der Waals surface area (Å²) in [6, 6.07) is 30.9. The number of hydrogen-bond donors (Lipinski definition) is 0. The normalized spacial score (nSPS) is 14.7. The molecule has 134 valence electrons. The van der Waals surface area contributed by atoms with Gasteiger partial charge >= 0.3 is 0 Å². The minimum Gasteiger partial charge on any atom is -0.310 e. The maximum absolute atomic E-state index is 9.42. The molecule has 4 rings (SSSR count). The molecule has 1 aliphatic rings. The van der Waals surface area contributed by atoms with Crippen LogP contribution in [-0.2, 0) is 6.42 Å². The van der Waals surface area contributed by atoms with Crippen molar-refractivity contribution < 1.29 is 0 Å². The Morgan fingerprint density at radius 1 is 0.821 bits per heavy atom. The zero-order valence-electron chi connectivity index (χ0n) is 15.6. The summed E-state index contributed by atoms with van der Waals surface area (Å²) in [5.74, 6) is 0.138. The highest BCUT2D eigenvalue weighted by atomic mass is 15.1. The van der Waals surface area contributed by atoms with Gasteiger partial charge in [-0.15, -0.1) is 0 Å².